The molecule has 28 heavy (non-hydrogen) atoms. The number of carbonyl (C=O) groups excluding carboxylic acids is 1. The number of carbonyl (C=O) groups is 1. The molecule has 1 N–H and O–H groups in total. The van der Waals surface area contributed by atoms with E-state index >= 15 is 0 Å². The number of anilines is 1. The minimum Gasteiger partial charge on any atom is -0.463 e. The number of amides is 1. The van der Waals surface area contributed by atoms with Gasteiger partial charge < -0.3 is 9.73 Å². The summed E-state index contributed by atoms with van der Waals surface area (Å²) in [6.45, 7) is 6.04. The smallest absolute Gasteiger partial charge is 0.274 e. The Morgan fingerprint density at radius 1 is 0.964 bits per heavy atom. The number of furan rings is 1. The van der Waals surface area contributed by atoms with E-state index in [1.807, 2.05) is 69.3 Å². The molecule has 0 unspecified atom stereocenters. The lowest BCUT2D eigenvalue weighted by molar-refractivity contribution is 0.101. The van der Waals surface area contributed by atoms with Gasteiger partial charge in [-0.1, -0.05) is 29.8 Å². The molecule has 0 radical (unpaired) electrons. The summed E-state index contributed by atoms with van der Waals surface area (Å²) in [7, 11) is 0. The summed E-state index contributed by atoms with van der Waals surface area (Å²) in [6.07, 6.45) is 1.60. The van der Waals surface area contributed by atoms with Crippen molar-refractivity contribution in [1.82, 2.24) is 9.78 Å². The van der Waals surface area contributed by atoms with Gasteiger partial charge >= 0.3 is 0 Å². The molecule has 0 saturated carbocycles. The molecule has 2 aromatic carbocycles. The lowest BCUT2D eigenvalue weighted by Gasteiger charge is -2.11. The van der Waals surface area contributed by atoms with Gasteiger partial charge in [0.25, 0.3) is 5.91 Å². The fraction of sp³-hybridized carbons (Fsp3) is 0.130. The summed E-state index contributed by atoms with van der Waals surface area (Å²) in [5, 5.41) is 7.62. The van der Waals surface area contributed by atoms with Crippen LogP contribution in [0.1, 0.15) is 27.2 Å². The Kier molecular flexibility index (Phi) is 4.57. The standard InChI is InChI=1S/C23H21N3O2/c1-15-7-10-18(11-8-15)24-23(27)21-14-19(22-5-4-12-28-22)25-26(21)20-13-16(2)6-9-17(20)3/h4-14H,1-3H3,(H,24,27). The third-order valence-corrected chi connectivity index (χ3v) is 4.62. The first-order valence-electron chi connectivity index (χ1n) is 9.11. The van der Waals surface area contributed by atoms with E-state index < -0.39 is 0 Å². The molecule has 2 heterocycles. The van der Waals surface area contributed by atoms with Gasteiger partial charge in [0.1, 0.15) is 11.4 Å². The van der Waals surface area contributed by atoms with Crippen molar-refractivity contribution in [2.75, 3.05) is 5.32 Å². The Balaban J connectivity index is 1.79. The number of rotatable bonds is 4. The molecule has 2 aromatic heterocycles. The largest absolute Gasteiger partial charge is 0.463 e. The molecule has 1 amide bonds. The molecule has 4 rings (SSSR count). The van der Waals surface area contributed by atoms with E-state index in [0.29, 0.717) is 17.1 Å². The van der Waals surface area contributed by atoms with Gasteiger partial charge in [-0.2, -0.15) is 5.10 Å². The number of nitrogens with zero attached hydrogens (tertiary/aromatic N) is 2. The Hall–Kier alpha value is -3.60. The third kappa shape index (κ3) is 3.47. The van der Waals surface area contributed by atoms with Gasteiger partial charge in [0, 0.05) is 11.8 Å². The molecule has 4 aromatic rings. The van der Waals surface area contributed by atoms with Crippen molar-refractivity contribution >= 4 is 11.6 Å². The van der Waals surface area contributed by atoms with Crippen molar-refractivity contribution in [2.45, 2.75) is 20.8 Å². The van der Waals surface area contributed by atoms with Crippen molar-refractivity contribution in [3.05, 3.63) is 89.3 Å². The molecule has 0 saturated heterocycles. The zero-order chi connectivity index (χ0) is 19.7. The Labute approximate surface area is 163 Å². The van der Waals surface area contributed by atoms with Crippen LogP contribution in [0.5, 0.6) is 0 Å². The van der Waals surface area contributed by atoms with Gasteiger partial charge in [0.2, 0.25) is 0 Å². The van der Waals surface area contributed by atoms with Crippen molar-refractivity contribution in [3.63, 3.8) is 0 Å². The molecule has 5 heteroatoms. The number of hydrogen-bond acceptors (Lipinski definition) is 3. The van der Waals surface area contributed by atoms with Crippen LogP contribution in [0, 0.1) is 20.8 Å². The maximum Gasteiger partial charge on any atom is 0.274 e. The Bertz CT molecular complexity index is 1120. The second kappa shape index (κ2) is 7.19. The van der Waals surface area contributed by atoms with E-state index in [4.69, 9.17) is 4.42 Å². The highest BCUT2D eigenvalue weighted by Gasteiger charge is 2.20. The fourth-order valence-electron chi connectivity index (χ4n) is 3.05. The van der Waals surface area contributed by atoms with Gasteiger partial charge in [0.15, 0.2) is 5.76 Å². The Morgan fingerprint density at radius 2 is 1.71 bits per heavy atom. The highest BCUT2D eigenvalue weighted by Crippen LogP contribution is 2.25. The molecule has 0 spiro atoms. The van der Waals surface area contributed by atoms with Crippen LogP contribution in [-0.2, 0) is 0 Å². The first-order valence-corrected chi connectivity index (χ1v) is 9.11. The highest BCUT2D eigenvalue weighted by molar-refractivity contribution is 6.04. The number of nitrogens with one attached hydrogen (secondary N) is 1. The van der Waals surface area contributed by atoms with Crippen LogP contribution in [0.2, 0.25) is 0 Å². The van der Waals surface area contributed by atoms with Gasteiger partial charge in [-0.05, 0) is 62.2 Å². The summed E-state index contributed by atoms with van der Waals surface area (Å²) < 4.78 is 7.17. The molecule has 0 aliphatic carbocycles. The molecule has 0 bridgehead atoms. The maximum absolute atomic E-state index is 13.1. The summed E-state index contributed by atoms with van der Waals surface area (Å²) in [6, 6.07) is 19.2. The first kappa shape index (κ1) is 17.8. The first-order chi connectivity index (χ1) is 13.5. The monoisotopic (exact) mass is 371 g/mol. The van der Waals surface area contributed by atoms with Crippen LogP contribution >= 0.6 is 0 Å². The summed E-state index contributed by atoms with van der Waals surface area (Å²) in [5.74, 6) is 0.392. The molecular weight excluding hydrogens is 350 g/mol. The second-order valence-electron chi connectivity index (χ2n) is 6.91. The number of hydrogen-bond donors (Lipinski definition) is 1. The van der Waals surface area contributed by atoms with Gasteiger partial charge in [-0.25, -0.2) is 4.68 Å². The lowest BCUT2D eigenvalue weighted by atomic mass is 10.1. The number of aryl methyl sites for hydroxylation is 3. The lowest BCUT2D eigenvalue weighted by Crippen LogP contribution is -2.17. The van der Waals surface area contributed by atoms with E-state index in [2.05, 4.69) is 10.4 Å². The topological polar surface area (TPSA) is 60.1 Å². The molecular formula is C23H21N3O2. The summed E-state index contributed by atoms with van der Waals surface area (Å²) >= 11 is 0. The predicted molar refractivity (Wildman–Crippen MR) is 110 cm³/mol. The second-order valence-corrected chi connectivity index (χ2v) is 6.91. The van der Waals surface area contributed by atoms with E-state index in [1.165, 1.54) is 0 Å². The van der Waals surface area contributed by atoms with Crippen LogP contribution in [0.4, 0.5) is 5.69 Å². The van der Waals surface area contributed by atoms with E-state index in [1.54, 1.807) is 23.1 Å². The van der Waals surface area contributed by atoms with E-state index in [-0.39, 0.29) is 5.91 Å². The van der Waals surface area contributed by atoms with Crippen LogP contribution in [-0.4, -0.2) is 15.7 Å². The van der Waals surface area contributed by atoms with Crippen molar-refractivity contribution < 1.29 is 9.21 Å². The molecule has 0 atom stereocenters. The third-order valence-electron chi connectivity index (χ3n) is 4.62. The number of aromatic nitrogens is 2. The average molecular weight is 371 g/mol. The molecule has 140 valence electrons. The average Bonchev–Trinajstić information content (AvgIpc) is 3.35. The highest BCUT2D eigenvalue weighted by atomic mass is 16.3. The van der Waals surface area contributed by atoms with Gasteiger partial charge in [0.05, 0.1) is 12.0 Å². The van der Waals surface area contributed by atoms with Crippen LogP contribution < -0.4 is 5.32 Å². The van der Waals surface area contributed by atoms with Gasteiger partial charge in [-0.15, -0.1) is 0 Å². The summed E-state index contributed by atoms with van der Waals surface area (Å²) in [5.41, 5.74) is 5.93. The Morgan fingerprint density at radius 3 is 2.43 bits per heavy atom. The fourth-order valence-corrected chi connectivity index (χ4v) is 3.05. The normalized spacial score (nSPS) is 10.8. The van der Waals surface area contributed by atoms with E-state index in [9.17, 15) is 4.79 Å². The van der Waals surface area contributed by atoms with Crippen LogP contribution in [0.25, 0.3) is 17.1 Å². The molecule has 0 aliphatic heterocycles. The van der Waals surface area contributed by atoms with Crippen molar-refractivity contribution in [2.24, 2.45) is 0 Å². The quantitative estimate of drug-likeness (QED) is 0.529. The van der Waals surface area contributed by atoms with Crippen LogP contribution in [0.15, 0.2) is 71.3 Å². The van der Waals surface area contributed by atoms with E-state index in [0.717, 1.165) is 28.1 Å². The number of benzene rings is 2. The van der Waals surface area contributed by atoms with Gasteiger partial charge in [-0.3, -0.25) is 4.79 Å². The predicted octanol–water partition coefficient (Wildman–Crippen LogP) is 5.31. The minimum atomic E-state index is -0.227. The maximum atomic E-state index is 13.1. The zero-order valence-electron chi connectivity index (χ0n) is 16.1. The van der Waals surface area contributed by atoms with Crippen molar-refractivity contribution in [1.29, 1.82) is 0 Å². The minimum absolute atomic E-state index is 0.227. The summed E-state index contributed by atoms with van der Waals surface area (Å²) in [4.78, 5) is 13.1. The molecule has 0 aliphatic rings. The van der Waals surface area contributed by atoms with Crippen LogP contribution in [0.3, 0.4) is 0 Å². The SMILES string of the molecule is Cc1ccc(NC(=O)c2cc(-c3ccco3)nn2-c2cc(C)ccc2C)cc1. The zero-order valence-corrected chi connectivity index (χ0v) is 16.1. The molecule has 0 fully saturated rings. The molecule has 5 nitrogen and oxygen atoms in total. The van der Waals surface area contributed by atoms with Crippen molar-refractivity contribution in [3.8, 4) is 17.1 Å².